The second-order valence-corrected chi connectivity index (χ2v) is 8.88. The van der Waals surface area contributed by atoms with E-state index in [0.29, 0.717) is 25.1 Å². The van der Waals surface area contributed by atoms with Gasteiger partial charge in [0.1, 0.15) is 5.60 Å². The topological polar surface area (TPSA) is 109 Å². The first-order chi connectivity index (χ1) is 14.2. The van der Waals surface area contributed by atoms with Crippen molar-refractivity contribution in [1.82, 2.24) is 4.90 Å². The average Bonchev–Trinajstić information content (AvgIpc) is 2.70. The molecule has 1 aliphatic rings. The quantitative estimate of drug-likeness (QED) is 0.541. The number of rotatable bonds is 6. The van der Waals surface area contributed by atoms with Gasteiger partial charge in [-0.3, -0.25) is 9.59 Å². The van der Waals surface area contributed by atoms with E-state index in [1.807, 2.05) is 12.1 Å². The fourth-order valence-corrected chi connectivity index (χ4v) is 3.58. The highest BCUT2D eigenvalue weighted by Crippen LogP contribution is 2.26. The lowest BCUT2D eigenvalue weighted by Crippen LogP contribution is -2.45. The minimum absolute atomic E-state index is 0.211. The van der Waals surface area contributed by atoms with Crippen molar-refractivity contribution in [2.75, 3.05) is 30.8 Å². The predicted molar refractivity (Wildman–Crippen MR) is 113 cm³/mol. The molecule has 9 heteroatoms. The first-order valence-corrected chi connectivity index (χ1v) is 10.7. The lowest BCUT2D eigenvalue weighted by molar-refractivity contribution is -0.153. The maximum Gasteiger partial charge on any atom is 0.410 e. The summed E-state index contributed by atoms with van der Waals surface area (Å²) in [6, 6.07) is 9.15. The number of anilines is 1. The number of carbonyl (C=O) groups excluding carboxylic acids is 3. The van der Waals surface area contributed by atoms with Gasteiger partial charge in [0, 0.05) is 18.0 Å². The lowest BCUT2D eigenvalue weighted by atomic mass is 9.98. The number of likely N-dealkylation sites (tertiary alicyclic amines) is 1. The zero-order chi connectivity index (χ0) is 22.1. The molecule has 8 nitrogen and oxygen atoms in total. The molecule has 0 spiro atoms. The molecule has 1 fully saturated rings. The largest absolute Gasteiger partial charge is 0.455 e. The van der Waals surface area contributed by atoms with Crippen LogP contribution in [0.4, 0.5) is 10.5 Å². The van der Waals surface area contributed by atoms with Gasteiger partial charge in [-0.1, -0.05) is 12.1 Å². The lowest BCUT2D eigenvalue weighted by Gasteiger charge is -2.33. The van der Waals surface area contributed by atoms with E-state index < -0.39 is 36.1 Å². The Morgan fingerprint density at radius 2 is 2.03 bits per heavy atom. The Labute approximate surface area is 180 Å². The van der Waals surface area contributed by atoms with Gasteiger partial charge in [-0.2, -0.15) is 5.26 Å². The number of nitrogens with zero attached hydrogens (tertiary/aromatic N) is 2. The van der Waals surface area contributed by atoms with Gasteiger partial charge in [0.15, 0.2) is 6.61 Å². The highest BCUT2D eigenvalue weighted by molar-refractivity contribution is 7.99. The Morgan fingerprint density at radius 1 is 1.30 bits per heavy atom. The van der Waals surface area contributed by atoms with Crippen LogP contribution >= 0.6 is 11.8 Å². The second kappa shape index (κ2) is 10.9. The highest BCUT2D eigenvalue weighted by atomic mass is 32.2. The molecule has 1 heterocycles. The normalized spacial score (nSPS) is 16.3. The fraction of sp³-hybridized carbons (Fsp3) is 0.524. The summed E-state index contributed by atoms with van der Waals surface area (Å²) in [6.07, 6.45) is 0.798. The molecule has 1 unspecified atom stereocenters. The summed E-state index contributed by atoms with van der Waals surface area (Å²) >= 11 is 1.31. The molecule has 162 valence electrons. The number of nitrogens with one attached hydrogen (secondary N) is 1. The van der Waals surface area contributed by atoms with Crippen molar-refractivity contribution < 1.29 is 23.9 Å². The monoisotopic (exact) mass is 433 g/mol. The third-order valence-electron chi connectivity index (χ3n) is 4.21. The van der Waals surface area contributed by atoms with E-state index in [1.54, 1.807) is 39.0 Å². The van der Waals surface area contributed by atoms with Crippen molar-refractivity contribution in [2.45, 2.75) is 44.1 Å². The van der Waals surface area contributed by atoms with Crippen molar-refractivity contribution in [2.24, 2.45) is 5.92 Å². The number of carbonyl (C=O) groups is 3. The van der Waals surface area contributed by atoms with Gasteiger partial charge in [-0.05, 0) is 45.7 Å². The molecule has 1 atom stereocenters. The summed E-state index contributed by atoms with van der Waals surface area (Å²) in [5.74, 6) is -1.20. The summed E-state index contributed by atoms with van der Waals surface area (Å²) in [7, 11) is 0. The molecule has 0 saturated carbocycles. The molecular formula is C21H27N3O5S. The average molecular weight is 434 g/mol. The minimum Gasteiger partial charge on any atom is -0.455 e. The van der Waals surface area contributed by atoms with Crippen molar-refractivity contribution in [3.8, 4) is 6.07 Å². The number of nitriles is 1. The number of thioether (sulfide) groups is 1. The van der Waals surface area contributed by atoms with E-state index in [9.17, 15) is 14.4 Å². The minimum atomic E-state index is -0.607. The molecule has 30 heavy (non-hydrogen) atoms. The van der Waals surface area contributed by atoms with Crippen LogP contribution in [0.2, 0.25) is 0 Å². The molecule has 2 amide bonds. The summed E-state index contributed by atoms with van der Waals surface area (Å²) < 4.78 is 10.5. The van der Waals surface area contributed by atoms with Gasteiger partial charge in [0.25, 0.3) is 5.91 Å². The maximum absolute atomic E-state index is 12.4. The second-order valence-electron chi connectivity index (χ2n) is 7.86. The molecule has 0 bridgehead atoms. The number of benzene rings is 1. The summed E-state index contributed by atoms with van der Waals surface area (Å²) in [4.78, 5) is 39.1. The van der Waals surface area contributed by atoms with E-state index in [4.69, 9.17) is 14.7 Å². The van der Waals surface area contributed by atoms with Crippen LogP contribution in [0.5, 0.6) is 0 Å². The molecule has 1 aliphatic heterocycles. The molecule has 2 rings (SSSR count). The number of ether oxygens (including phenoxy) is 2. The van der Waals surface area contributed by atoms with Crippen LogP contribution < -0.4 is 5.32 Å². The molecule has 0 aliphatic carbocycles. The molecule has 1 aromatic rings. The van der Waals surface area contributed by atoms with E-state index in [1.165, 1.54) is 16.7 Å². The molecular weight excluding hydrogens is 406 g/mol. The molecule has 1 aromatic carbocycles. The SMILES string of the molecule is CC(C)(C)OC(=O)N1CCCC(C(=O)OCC(=O)Nc2ccccc2SCC#N)C1. The van der Waals surface area contributed by atoms with E-state index >= 15 is 0 Å². The number of esters is 1. The standard InChI is InChI=1S/C21H27N3O5S/c1-21(2,3)29-20(27)24-11-6-7-15(13-24)19(26)28-14-18(25)23-16-8-4-5-9-17(16)30-12-10-22/h4-5,8-9,15H,6-7,11-14H2,1-3H3,(H,23,25). The molecule has 1 N–H and O–H groups in total. The van der Waals surface area contributed by atoms with Crippen LogP contribution in [0.25, 0.3) is 0 Å². The Bertz CT molecular complexity index is 816. The van der Waals surface area contributed by atoms with Gasteiger partial charge in [0.05, 0.1) is 23.4 Å². The first kappa shape index (κ1) is 23.5. The molecule has 1 saturated heterocycles. The van der Waals surface area contributed by atoms with Crippen LogP contribution in [0.1, 0.15) is 33.6 Å². The zero-order valence-electron chi connectivity index (χ0n) is 17.5. The van der Waals surface area contributed by atoms with E-state index in [0.717, 1.165) is 4.90 Å². The predicted octanol–water partition coefficient (Wildman–Crippen LogP) is 3.43. The van der Waals surface area contributed by atoms with Crippen LogP contribution in [-0.2, 0) is 19.1 Å². The Hall–Kier alpha value is -2.73. The van der Waals surface area contributed by atoms with Crippen molar-refractivity contribution in [1.29, 1.82) is 5.26 Å². The van der Waals surface area contributed by atoms with Crippen LogP contribution in [-0.4, -0.2) is 53.9 Å². The van der Waals surface area contributed by atoms with Gasteiger partial charge >= 0.3 is 12.1 Å². The Morgan fingerprint density at radius 3 is 2.73 bits per heavy atom. The number of amides is 2. The number of piperidine rings is 1. The van der Waals surface area contributed by atoms with Crippen molar-refractivity contribution >= 4 is 35.4 Å². The van der Waals surface area contributed by atoms with Crippen LogP contribution in [0.15, 0.2) is 29.2 Å². The Kier molecular flexibility index (Phi) is 8.54. The molecule has 0 radical (unpaired) electrons. The zero-order valence-corrected chi connectivity index (χ0v) is 18.3. The van der Waals surface area contributed by atoms with Gasteiger partial charge in [0.2, 0.25) is 0 Å². The smallest absolute Gasteiger partial charge is 0.410 e. The highest BCUT2D eigenvalue weighted by Gasteiger charge is 2.32. The maximum atomic E-state index is 12.4. The van der Waals surface area contributed by atoms with Crippen LogP contribution in [0.3, 0.4) is 0 Å². The summed E-state index contributed by atoms with van der Waals surface area (Å²) in [5, 5.41) is 11.4. The summed E-state index contributed by atoms with van der Waals surface area (Å²) in [5.41, 5.74) is -0.0441. The third kappa shape index (κ3) is 7.59. The van der Waals surface area contributed by atoms with Gasteiger partial charge in [-0.25, -0.2) is 4.79 Å². The number of hydrogen-bond donors (Lipinski definition) is 1. The first-order valence-electron chi connectivity index (χ1n) is 9.73. The fourth-order valence-electron chi connectivity index (χ4n) is 2.91. The van der Waals surface area contributed by atoms with Crippen molar-refractivity contribution in [3.63, 3.8) is 0 Å². The number of hydrogen-bond acceptors (Lipinski definition) is 7. The van der Waals surface area contributed by atoms with Crippen molar-refractivity contribution in [3.05, 3.63) is 24.3 Å². The third-order valence-corrected chi connectivity index (χ3v) is 5.15. The van der Waals surface area contributed by atoms with E-state index in [-0.39, 0.29) is 12.3 Å². The Balaban J connectivity index is 1.84. The van der Waals surface area contributed by atoms with Crippen LogP contribution in [0, 0.1) is 17.2 Å². The number of para-hydroxylation sites is 1. The molecule has 0 aromatic heterocycles. The van der Waals surface area contributed by atoms with Gasteiger partial charge in [-0.15, -0.1) is 11.8 Å². The van der Waals surface area contributed by atoms with E-state index in [2.05, 4.69) is 5.32 Å². The van der Waals surface area contributed by atoms with Gasteiger partial charge < -0.3 is 19.7 Å². The summed E-state index contributed by atoms with van der Waals surface area (Å²) in [6.45, 7) is 5.68.